The summed E-state index contributed by atoms with van der Waals surface area (Å²) in [6.45, 7) is 1.62. The van der Waals surface area contributed by atoms with Crippen molar-refractivity contribution >= 4 is 28.4 Å². The maximum absolute atomic E-state index is 12.6. The zero-order chi connectivity index (χ0) is 17.9. The van der Waals surface area contributed by atoms with Crippen molar-refractivity contribution in [1.29, 1.82) is 0 Å². The number of amides is 2. The minimum Gasteiger partial charge on any atom is -0.351 e. The van der Waals surface area contributed by atoms with Crippen molar-refractivity contribution < 1.29 is 9.59 Å². The summed E-state index contributed by atoms with van der Waals surface area (Å²) in [6.07, 6.45) is 3.30. The highest BCUT2D eigenvalue weighted by Crippen LogP contribution is 2.19. The fraction of sp³-hybridized carbons (Fsp3) is 0.238. The third kappa shape index (κ3) is 3.33. The topological polar surface area (TPSA) is 65.2 Å². The van der Waals surface area contributed by atoms with Crippen LogP contribution in [0.4, 0.5) is 5.69 Å². The third-order valence-electron chi connectivity index (χ3n) is 4.79. The van der Waals surface area contributed by atoms with Gasteiger partial charge in [0.25, 0.3) is 11.8 Å². The molecule has 0 atom stereocenters. The molecule has 132 valence electrons. The summed E-state index contributed by atoms with van der Waals surface area (Å²) in [5.74, 6) is -0.185. The average Bonchev–Trinajstić information content (AvgIpc) is 3.13. The van der Waals surface area contributed by atoms with Crippen molar-refractivity contribution in [2.24, 2.45) is 0 Å². The second-order valence-corrected chi connectivity index (χ2v) is 6.66. The lowest BCUT2D eigenvalue weighted by molar-refractivity contribution is 0.0724. The summed E-state index contributed by atoms with van der Waals surface area (Å²) in [6, 6.07) is 16.7. The maximum Gasteiger partial charge on any atom is 0.272 e. The van der Waals surface area contributed by atoms with Crippen molar-refractivity contribution in [2.45, 2.75) is 19.3 Å². The molecule has 2 N–H and O–H groups in total. The Morgan fingerprint density at radius 2 is 1.73 bits per heavy atom. The van der Waals surface area contributed by atoms with Gasteiger partial charge in [-0.25, -0.2) is 0 Å². The van der Waals surface area contributed by atoms with Crippen LogP contribution in [0.2, 0.25) is 0 Å². The largest absolute Gasteiger partial charge is 0.351 e. The molecule has 2 aromatic carbocycles. The molecule has 1 aliphatic rings. The highest BCUT2D eigenvalue weighted by atomic mass is 16.2. The molecule has 0 saturated carbocycles. The number of para-hydroxylation sites is 1. The van der Waals surface area contributed by atoms with Gasteiger partial charge in [-0.3, -0.25) is 9.59 Å². The first kappa shape index (κ1) is 16.4. The molecule has 2 heterocycles. The summed E-state index contributed by atoms with van der Waals surface area (Å²) < 4.78 is 0. The number of benzene rings is 2. The standard InChI is InChI=1S/C21H21N3O2/c25-20(19-14-15-7-2-3-10-18(15)23-19)22-17-9-6-8-16(13-17)21(26)24-11-4-1-5-12-24/h2-3,6-10,13-14,23H,1,4-5,11-12H2,(H,22,25). The minimum atomic E-state index is -0.219. The van der Waals surface area contributed by atoms with Crippen LogP contribution in [0, 0.1) is 0 Å². The van der Waals surface area contributed by atoms with E-state index < -0.39 is 0 Å². The van der Waals surface area contributed by atoms with Gasteiger partial charge in [-0.2, -0.15) is 0 Å². The lowest BCUT2D eigenvalue weighted by atomic mass is 10.1. The van der Waals surface area contributed by atoms with Crippen molar-refractivity contribution in [3.05, 3.63) is 65.9 Å². The molecule has 0 aliphatic carbocycles. The number of anilines is 1. The quantitative estimate of drug-likeness (QED) is 0.751. The van der Waals surface area contributed by atoms with Gasteiger partial charge in [0.05, 0.1) is 0 Å². The van der Waals surface area contributed by atoms with Gasteiger partial charge in [0.15, 0.2) is 0 Å². The number of fused-ring (bicyclic) bond motifs is 1. The molecule has 3 aromatic rings. The van der Waals surface area contributed by atoms with Gasteiger partial charge >= 0.3 is 0 Å². The lowest BCUT2D eigenvalue weighted by Crippen LogP contribution is -2.35. The monoisotopic (exact) mass is 347 g/mol. The highest BCUT2D eigenvalue weighted by Gasteiger charge is 2.18. The fourth-order valence-corrected chi connectivity index (χ4v) is 3.40. The van der Waals surface area contributed by atoms with E-state index in [1.807, 2.05) is 35.2 Å². The van der Waals surface area contributed by atoms with E-state index in [1.54, 1.807) is 24.3 Å². The molecule has 26 heavy (non-hydrogen) atoms. The summed E-state index contributed by atoms with van der Waals surface area (Å²) in [7, 11) is 0. The summed E-state index contributed by atoms with van der Waals surface area (Å²) >= 11 is 0. The molecule has 2 amide bonds. The molecule has 1 fully saturated rings. The second kappa shape index (κ2) is 7.04. The zero-order valence-corrected chi connectivity index (χ0v) is 14.5. The molecule has 1 aliphatic heterocycles. The van der Waals surface area contributed by atoms with Gasteiger partial charge in [0, 0.05) is 35.2 Å². The van der Waals surface area contributed by atoms with Crippen LogP contribution in [-0.4, -0.2) is 34.8 Å². The maximum atomic E-state index is 12.6. The Labute approximate surface area is 152 Å². The number of H-pyrrole nitrogens is 1. The number of rotatable bonds is 3. The molecule has 5 heteroatoms. The van der Waals surface area contributed by atoms with Crippen molar-refractivity contribution in [1.82, 2.24) is 9.88 Å². The van der Waals surface area contributed by atoms with Crippen LogP contribution in [0.3, 0.4) is 0 Å². The minimum absolute atomic E-state index is 0.0337. The first-order valence-corrected chi connectivity index (χ1v) is 8.99. The molecule has 1 aromatic heterocycles. The van der Waals surface area contributed by atoms with E-state index in [0.717, 1.165) is 36.8 Å². The van der Waals surface area contributed by atoms with Gasteiger partial charge in [-0.05, 0) is 49.6 Å². The van der Waals surface area contributed by atoms with Crippen LogP contribution >= 0.6 is 0 Å². The number of nitrogens with zero attached hydrogens (tertiary/aromatic N) is 1. The Morgan fingerprint density at radius 3 is 2.54 bits per heavy atom. The Kier molecular flexibility index (Phi) is 4.44. The number of aromatic nitrogens is 1. The average molecular weight is 347 g/mol. The molecule has 0 spiro atoms. The molecule has 5 nitrogen and oxygen atoms in total. The Hall–Kier alpha value is -3.08. The van der Waals surface area contributed by atoms with Crippen LogP contribution in [-0.2, 0) is 0 Å². The van der Waals surface area contributed by atoms with Crippen molar-refractivity contribution in [2.75, 3.05) is 18.4 Å². The van der Waals surface area contributed by atoms with Gasteiger partial charge in [-0.1, -0.05) is 24.3 Å². The lowest BCUT2D eigenvalue weighted by Gasteiger charge is -2.26. The highest BCUT2D eigenvalue weighted by molar-refractivity contribution is 6.06. The fourth-order valence-electron chi connectivity index (χ4n) is 3.40. The normalized spacial score (nSPS) is 14.4. The summed E-state index contributed by atoms with van der Waals surface area (Å²) in [5.41, 5.74) is 2.66. The number of carbonyl (C=O) groups excluding carboxylic acids is 2. The Bertz CT molecular complexity index is 922. The predicted octanol–water partition coefficient (Wildman–Crippen LogP) is 4.05. The van der Waals surface area contributed by atoms with E-state index in [-0.39, 0.29) is 11.8 Å². The van der Waals surface area contributed by atoms with E-state index in [9.17, 15) is 9.59 Å². The number of likely N-dealkylation sites (tertiary alicyclic amines) is 1. The smallest absolute Gasteiger partial charge is 0.272 e. The van der Waals surface area contributed by atoms with Crippen LogP contribution < -0.4 is 5.32 Å². The number of piperidine rings is 1. The van der Waals surface area contributed by atoms with Gasteiger partial charge in [0.1, 0.15) is 5.69 Å². The molecular formula is C21H21N3O2. The van der Waals surface area contributed by atoms with E-state index >= 15 is 0 Å². The van der Waals surface area contributed by atoms with Crippen LogP contribution in [0.15, 0.2) is 54.6 Å². The molecule has 0 unspecified atom stereocenters. The Morgan fingerprint density at radius 1 is 0.923 bits per heavy atom. The molecule has 4 rings (SSSR count). The molecular weight excluding hydrogens is 326 g/mol. The molecule has 1 saturated heterocycles. The number of aromatic amines is 1. The molecule has 0 bridgehead atoms. The Balaban J connectivity index is 1.51. The number of hydrogen-bond donors (Lipinski definition) is 2. The zero-order valence-electron chi connectivity index (χ0n) is 14.5. The van der Waals surface area contributed by atoms with Crippen LogP contribution in [0.5, 0.6) is 0 Å². The van der Waals surface area contributed by atoms with Gasteiger partial charge in [-0.15, -0.1) is 0 Å². The summed E-state index contributed by atoms with van der Waals surface area (Å²) in [5, 5.41) is 3.87. The third-order valence-corrected chi connectivity index (χ3v) is 4.79. The summed E-state index contributed by atoms with van der Waals surface area (Å²) in [4.78, 5) is 30.2. The van der Waals surface area contributed by atoms with Crippen LogP contribution in [0.1, 0.15) is 40.1 Å². The van der Waals surface area contributed by atoms with E-state index in [4.69, 9.17) is 0 Å². The van der Waals surface area contributed by atoms with Crippen molar-refractivity contribution in [3.63, 3.8) is 0 Å². The SMILES string of the molecule is O=C(Nc1cccc(C(=O)N2CCCCC2)c1)c1cc2ccccc2[nH]1. The van der Waals surface area contributed by atoms with E-state index in [2.05, 4.69) is 10.3 Å². The number of nitrogens with one attached hydrogen (secondary N) is 2. The van der Waals surface area contributed by atoms with E-state index in [0.29, 0.717) is 16.9 Å². The van der Waals surface area contributed by atoms with Crippen molar-refractivity contribution in [3.8, 4) is 0 Å². The van der Waals surface area contributed by atoms with Crippen LogP contribution in [0.25, 0.3) is 10.9 Å². The second-order valence-electron chi connectivity index (χ2n) is 6.66. The number of hydrogen-bond acceptors (Lipinski definition) is 2. The van der Waals surface area contributed by atoms with Gasteiger partial charge in [0.2, 0.25) is 0 Å². The molecule has 0 radical (unpaired) electrons. The first-order chi connectivity index (χ1) is 12.7. The van der Waals surface area contributed by atoms with Gasteiger partial charge < -0.3 is 15.2 Å². The first-order valence-electron chi connectivity index (χ1n) is 8.99. The van der Waals surface area contributed by atoms with E-state index in [1.165, 1.54) is 6.42 Å². The predicted molar refractivity (Wildman–Crippen MR) is 102 cm³/mol. The number of carbonyl (C=O) groups is 2.